The lowest BCUT2D eigenvalue weighted by molar-refractivity contribution is 0.0987. The van der Waals surface area contributed by atoms with E-state index >= 15 is 0 Å². The zero-order valence-corrected chi connectivity index (χ0v) is 10.4. The number of hydrogen-bond acceptors (Lipinski definition) is 1. The number of rotatable bonds is 3. The van der Waals surface area contributed by atoms with Gasteiger partial charge in [0, 0.05) is 17.3 Å². The van der Waals surface area contributed by atoms with E-state index in [-0.39, 0.29) is 5.78 Å². The van der Waals surface area contributed by atoms with Crippen molar-refractivity contribution in [3.63, 3.8) is 0 Å². The van der Waals surface area contributed by atoms with Crippen LogP contribution in [-0.4, -0.2) is 5.78 Å². The van der Waals surface area contributed by atoms with Crippen LogP contribution in [0.25, 0.3) is 0 Å². The summed E-state index contributed by atoms with van der Waals surface area (Å²) in [7, 11) is 0. The fraction of sp³-hybridized carbons (Fsp3) is 0.417. The number of alkyl halides is 1. The average molecular weight is 255 g/mol. The summed E-state index contributed by atoms with van der Waals surface area (Å²) in [6.45, 7) is 5.96. The molecular weight excluding hydrogens is 240 g/mol. The first kappa shape index (κ1) is 11.4. The van der Waals surface area contributed by atoms with Crippen molar-refractivity contribution in [3.8, 4) is 0 Å². The van der Waals surface area contributed by atoms with E-state index in [2.05, 4.69) is 35.0 Å². The molecule has 0 amide bonds. The molecule has 0 aliphatic heterocycles. The van der Waals surface area contributed by atoms with Crippen LogP contribution >= 0.6 is 15.9 Å². The molecule has 0 radical (unpaired) electrons. The summed E-state index contributed by atoms with van der Waals surface area (Å²) in [6, 6.07) is 4.14. The van der Waals surface area contributed by atoms with Gasteiger partial charge in [0.1, 0.15) is 0 Å². The standard InChI is InChI=1S/C12H15BrO/c1-4-11(14)12-9(3)5-8(2)6-10(12)7-13/h5-6H,4,7H2,1-3H3. The van der Waals surface area contributed by atoms with Crippen LogP contribution in [0.15, 0.2) is 12.1 Å². The lowest BCUT2D eigenvalue weighted by Crippen LogP contribution is -2.04. The van der Waals surface area contributed by atoms with Gasteiger partial charge in [-0.15, -0.1) is 0 Å². The molecule has 0 spiro atoms. The summed E-state index contributed by atoms with van der Waals surface area (Å²) in [6.07, 6.45) is 0.573. The van der Waals surface area contributed by atoms with Crippen LogP contribution in [-0.2, 0) is 5.33 Å². The molecule has 0 bridgehead atoms. The number of carbonyl (C=O) groups excluding carboxylic acids is 1. The normalized spacial score (nSPS) is 10.3. The van der Waals surface area contributed by atoms with Gasteiger partial charge in [-0.3, -0.25) is 4.79 Å². The lowest BCUT2D eigenvalue weighted by atomic mass is 9.96. The lowest BCUT2D eigenvalue weighted by Gasteiger charge is -2.10. The van der Waals surface area contributed by atoms with Crippen LogP contribution in [0.5, 0.6) is 0 Å². The molecule has 1 rings (SSSR count). The predicted molar refractivity (Wildman–Crippen MR) is 63.2 cm³/mol. The molecule has 1 aromatic rings. The molecule has 0 aliphatic carbocycles. The van der Waals surface area contributed by atoms with Crippen LogP contribution in [0.3, 0.4) is 0 Å². The van der Waals surface area contributed by atoms with Crippen molar-refractivity contribution in [2.45, 2.75) is 32.5 Å². The van der Waals surface area contributed by atoms with Crippen molar-refractivity contribution in [3.05, 3.63) is 34.4 Å². The number of hydrogen-bond donors (Lipinski definition) is 0. The van der Waals surface area contributed by atoms with Crippen molar-refractivity contribution in [2.75, 3.05) is 0 Å². The van der Waals surface area contributed by atoms with Gasteiger partial charge in [0.15, 0.2) is 5.78 Å². The van der Waals surface area contributed by atoms with Gasteiger partial charge >= 0.3 is 0 Å². The Balaban J connectivity index is 3.32. The zero-order valence-electron chi connectivity index (χ0n) is 8.86. The molecule has 0 fully saturated rings. The van der Waals surface area contributed by atoms with Gasteiger partial charge in [-0.2, -0.15) is 0 Å². The molecule has 0 atom stereocenters. The van der Waals surface area contributed by atoms with Crippen LogP contribution in [0.4, 0.5) is 0 Å². The molecule has 1 nitrogen and oxygen atoms in total. The van der Waals surface area contributed by atoms with Gasteiger partial charge in [-0.25, -0.2) is 0 Å². The van der Waals surface area contributed by atoms with E-state index in [9.17, 15) is 4.79 Å². The predicted octanol–water partition coefficient (Wildman–Crippen LogP) is 3.79. The van der Waals surface area contributed by atoms with Crippen molar-refractivity contribution in [1.29, 1.82) is 0 Å². The Bertz CT molecular complexity index is 356. The molecule has 14 heavy (non-hydrogen) atoms. The number of benzene rings is 1. The molecule has 0 aliphatic rings. The topological polar surface area (TPSA) is 17.1 Å². The molecule has 2 heteroatoms. The molecule has 76 valence electrons. The molecule has 0 aromatic heterocycles. The van der Waals surface area contributed by atoms with Crippen molar-refractivity contribution in [2.24, 2.45) is 0 Å². The maximum absolute atomic E-state index is 11.7. The minimum Gasteiger partial charge on any atom is -0.294 e. The minimum absolute atomic E-state index is 0.233. The zero-order chi connectivity index (χ0) is 10.7. The molecular formula is C12H15BrO. The van der Waals surface area contributed by atoms with E-state index in [1.807, 2.05) is 13.8 Å². The first-order valence-electron chi connectivity index (χ1n) is 4.79. The van der Waals surface area contributed by atoms with Crippen LogP contribution in [0.2, 0.25) is 0 Å². The van der Waals surface area contributed by atoms with Crippen molar-refractivity contribution >= 4 is 21.7 Å². The molecule has 0 heterocycles. The fourth-order valence-electron chi connectivity index (χ4n) is 1.74. The van der Waals surface area contributed by atoms with E-state index in [4.69, 9.17) is 0 Å². The van der Waals surface area contributed by atoms with Crippen LogP contribution in [0.1, 0.15) is 40.4 Å². The summed E-state index contributed by atoms with van der Waals surface area (Å²) in [5.41, 5.74) is 4.31. The first-order valence-corrected chi connectivity index (χ1v) is 5.91. The summed E-state index contributed by atoms with van der Waals surface area (Å²) in [4.78, 5) is 11.7. The summed E-state index contributed by atoms with van der Waals surface area (Å²) < 4.78 is 0. The highest BCUT2D eigenvalue weighted by Gasteiger charge is 2.12. The van der Waals surface area contributed by atoms with Crippen molar-refractivity contribution < 1.29 is 4.79 Å². The van der Waals surface area contributed by atoms with Gasteiger partial charge in [0.05, 0.1) is 0 Å². The van der Waals surface area contributed by atoms with E-state index in [1.54, 1.807) is 0 Å². The third-order valence-electron chi connectivity index (χ3n) is 2.31. The maximum atomic E-state index is 11.7. The highest BCUT2D eigenvalue weighted by molar-refractivity contribution is 9.08. The number of aryl methyl sites for hydroxylation is 2. The van der Waals surface area contributed by atoms with Gasteiger partial charge < -0.3 is 0 Å². The Morgan fingerprint density at radius 2 is 2.00 bits per heavy atom. The van der Waals surface area contributed by atoms with Gasteiger partial charge in [-0.1, -0.05) is 40.5 Å². The summed E-state index contributed by atoms with van der Waals surface area (Å²) in [5, 5.41) is 0.747. The third-order valence-corrected chi connectivity index (χ3v) is 2.91. The Labute approximate surface area is 93.7 Å². The Morgan fingerprint density at radius 1 is 1.36 bits per heavy atom. The fourth-order valence-corrected chi connectivity index (χ4v) is 2.18. The maximum Gasteiger partial charge on any atom is 0.163 e. The number of halogens is 1. The number of Topliss-reactive ketones (excluding diaryl/α,β-unsaturated/α-hetero) is 1. The quantitative estimate of drug-likeness (QED) is 0.593. The van der Waals surface area contributed by atoms with Crippen molar-refractivity contribution in [1.82, 2.24) is 0 Å². The van der Waals surface area contributed by atoms with E-state index in [0.717, 1.165) is 22.0 Å². The van der Waals surface area contributed by atoms with Crippen LogP contribution < -0.4 is 0 Å². The second-order valence-corrected chi connectivity index (χ2v) is 4.09. The number of ketones is 1. The monoisotopic (exact) mass is 254 g/mol. The first-order chi connectivity index (χ1) is 6.60. The molecule has 0 unspecified atom stereocenters. The Hall–Kier alpha value is -0.630. The molecule has 0 saturated carbocycles. The average Bonchev–Trinajstić information content (AvgIpc) is 2.15. The Morgan fingerprint density at radius 3 is 2.50 bits per heavy atom. The minimum atomic E-state index is 0.233. The Kier molecular flexibility index (Phi) is 3.87. The van der Waals surface area contributed by atoms with Gasteiger partial charge in [-0.05, 0) is 25.0 Å². The third kappa shape index (κ3) is 2.24. The van der Waals surface area contributed by atoms with Gasteiger partial charge in [0.25, 0.3) is 0 Å². The van der Waals surface area contributed by atoms with E-state index in [0.29, 0.717) is 6.42 Å². The summed E-state index contributed by atoms with van der Waals surface area (Å²) in [5.74, 6) is 0.233. The SMILES string of the molecule is CCC(=O)c1c(C)cc(C)cc1CBr. The smallest absolute Gasteiger partial charge is 0.163 e. The second-order valence-electron chi connectivity index (χ2n) is 3.53. The van der Waals surface area contributed by atoms with E-state index in [1.165, 1.54) is 5.56 Å². The van der Waals surface area contributed by atoms with Crippen LogP contribution in [0, 0.1) is 13.8 Å². The highest BCUT2D eigenvalue weighted by Crippen LogP contribution is 2.21. The van der Waals surface area contributed by atoms with E-state index < -0.39 is 0 Å². The molecule has 1 aromatic carbocycles. The number of carbonyl (C=O) groups is 1. The molecule has 0 saturated heterocycles. The van der Waals surface area contributed by atoms with Gasteiger partial charge in [0.2, 0.25) is 0 Å². The summed E-state index contributed by atoms with van der Waals surface area (Å²) >= 11 is 3.42. The largest absolute Gasteiger partial charge is 0.294 e. The highest BCUT2D eigenvalue weighted by atomic mass is 79.9. The second kappa shape index (κ2) is 4.74. The molecule has 0 N–H and O–H groups in total.